The number of carbonyl (C=O) groups excluding carboxylic acids is 1. The third-order valence-corrected chi connectivity index (χ3v) is 8.05. The van der Waals surface area contributed by atoms with Crippen LogP contribution in [0.4, 0.5) is 13.2 Å². The Labute approximate surface area is 249 Å². The van der Waals surface area contributed by atoms with E-state index in [1.165, 1.54) is 25.3 Å². The molecule has 2 heterocycles. The van der Waals surface area contributed by atoms with Crippen molar-refractivity contribution in [2.75, 3.05) is 7.11 Å². The second-order valence-corrected chi connectivity index (χ2v) is 11.3. The van der Waals surface area contributed by atoms with E-state index >= 15 is 0 Å². The molecule has 0 spiro atoms. The second kappa shape index (κ2) is 10.4. The number of benzene rings is 4. The summed E-state index contributed by atoms with van der Waals surface area (Å²) in [5, 5.41) is 14.3. The minimum atomic E-state index is -4.47. The fraction of sp³-hybridized carbons (Fsp3) is 0.235. The van der Waals surface area contributed by atoms with Gasteiger partial charge in [-0.05, 0) is 60.5 Å². The first-order valence-corrected chi connectivity index (χ1v) is 13.8. The largest absolute Gasteiger partial charge is 0.496 e. The molecule has 0 amide bonds. The van der Waals surface area contributed by atoms with Crippen molar-refractivity contribution in [3.05, 3.63) is 99.7 Å². The minimum Gasteiger partial charge on any atom is -0.496 e. The highest BCUT2D eigenvalue weighted by Gasteiger charge is 2.47. The number of methoxy groups -OCH3 is 1. The zero-order valence-electron chi connectivity index (χ0n) is 24.2. The number of aromatic nitrogens is 1. The van der Waals surface area contributed by atoms with Gasteiger partial charge in [0.1, 0.15) is 23.2 Å². The average Bonchev–Trinajstić information content (AvgIpc) is 2.98. The molecule has 44 heavy (non-hydrogen) atoms. The highest BCUT2D eigenvalue weighted by atomic mass is 19.4. The third-order valence-electron chi connectivity index (χ3n) is 8.05. The number of hydrogen-bond acceptors (Lipinski definition) is 6. The Bertz CT molecular complexity index is 2040. The van der Waals surface area contributed by atoms with E-state index in [-0.39, 0.29) is 27.9 Å². The number of pyridine rings is 1. The monoisotopic (exact) mass is 603 g/mol. The summed E-state index contributed by atoms with van der Waals surface area (Å²) < 4.78 is 58.0. The average molecular weight is 604 g/mol. The zero-order valence-corrected chi connectivity index (χ0v) is 24.2. The molecule has 1 aliphatic rings. The van der Waals surface area contributed by atoms with Crippen molar-refractivity contribution in [3.8, 4) is 11.5 Å². The van der Waals surface area contributed by atoms with Crippen LogP contribution in [0.25, 0.3) is 38.7 Å². The number of esters is 1. The quantitative estimate of drug-likeness (QED) is 0.140. The van der Waals surface area contributed by atoms with Crippen molar-refractivity contribution in [1.29, 1.82) is 0 Å². The van der Waals surface area contributed by atoms with E-state index in [1.807, 2.05) is 36.4 Å². The van der Waals surface area contributed by atoms with E-state index in [9.17, 15) is 27.9 Å². The van der Waals surface area contributed by atoms with Gasteiger partial charge in [-0.2, -0.15) is 13.2 Å². The van der Waals surface area contributed by atoms with Crippen molar-refractivity contribution in [3.63, 3.8) is 0 Å². The highest BCUT2D eigenvalue weighted by molar-refractivity contribution is 6.04. The van der Waals surface area contributed by atoms with Gasteiger partial charge in [0.05, 0.1) is 34.7 Å². The summed E-state index contributed by atoms with van der Waals surface area (Å²) in [7, 11) is 3.22. The van der Waals surface area contributed by atoms with Crippen molar-refractivity contribution in [2.45, 2.75) is 37.8 Å². The van der Waals surface area contributed by atoms with E-state index in [1.54, 1.807) is 31.5 Å². The number of carbonyl (C=O) groups is 1. The summed E-state index contributed by atoms with van der Waals surface area (Å²) in [4.78, 5) is 26.9. The first-order valence-electron chi connectivity index (χ1n) is 13.8. The molecule has 0 radical (unpaired) electrons. The normalized spacial score (nSPS) is 18.0. The molecule has 2 atom stereocenters. The number of ether oxygens (including phenoxy) is 3. The Hall–Kier alpha value is -4.83. The SMILES string of the molecule is COc1cc2c(c3c1c(=O)c1cc4ccccc4cc1n3C)[C@@H](O)[C@@H](OC(=O)/C=C/c1ccc(C(F)(F)F)cc1)C(C)(C)O2. The van der Waals surface area contributed by atoms with Crippen LogP contribution in [0, 0.1) is 0 Å². The van der Waals surface area contributed by atoms with Crippen LogP contribution >= 0.6 is 0 Å². The Morgan fingerprint density at radius 1 is 1.05 bits per heavy atom. The minimum absolute atomic E-state index is 0.242. The number of hydrogen-bond donors (Lipinski definition) is 1. The number of alkyl halides is 3. The lowest BCUT2D eigenvalue weighted by molar-refractivity contribution is -0.171. The maximum atomic E-state index is 14.0. The molecular weight excluding hydrogens is 575 g/mol. The molecule has 4 aromatic carbocycles. The van der Waals surface area contributed by atoms with E-state index in [4.69, 9.17) is 14.2 Å². The Morgan fingerprint density at radius 2 is 1.70 bits per heavy atom. The lowest BCUT2D eigenvalue weighted by Crippen LogP contribution is -2.51. The molecule has 226 valence electrons. The summed E-state index contributed by atoms with van der Waals surface area (Å²) >= 11 is 0. The predicted octanol–water partition coefficient (Wildman–Crippen LogP) is 6.70. The van der Waals surface area contributed by atoms with Crippen LogP contribution in [0.15, 0.2) is 77.6 Å². The maximum absolute atomic E-state index is 14.0. The molecule has 5 aromatic rings. The smallest absolute Gasteiger partial charge is 0.416 e. The molecule has 0 bridgehead atoms. The van der Waals surface area contributed by atoms with Crippen molar-refractivity contribution >= 4 is 44.6 Å². The summed E-state index contributed by atoms with van der Waals surface area (Å²) in [6, 6.07) is 17.3. The summed E-state index contributed by atoms with van der Waals surface area (Å²) in [5.74, 6) is -0.292. The molecule has 1 aliphatic heterocycles. The van der Waals surface area contributed by atoms with Crippen LogP contribution in [0.2, 0.25) is 0 Å². The number of fused-ring (bicyclic) bond motifs is 5. The van der Waals surface area contributed by atoms with Gasteiger partial charge in [0.15, 0.2) is 6.10 Å². The summed E-state index contributed by atoms with van der Waals surface area (Å²) in [6.45, 7) is 3.30. The predicted molar refractivity (Wildman–Crippen MR) is 161 cm³/mol. The standard InChI is InChI=1S/C34H28F3NO6/c1-33(2)32(43-26(39)14-11-18-9-12-21(13-10-18)34(35,36)37)31(41)28-25(44-33)17-24(42-4)27-29(28)38(3)23-16-20-8-6-5-7-19(20)15-22(23)30(27)40/h5-17,31-32,41H,1-4H3/b14-11+/t31-,32-/m1/s1. The van der Waals surface area contributed by atoms with Crippen LogP contribution in [0.1, 0.15) is 36.6 Å². The van der Waals surface area contributed by atoms with Gasteiger partial charge >= 0.3 is 12.1 Å². The molecule has 0 aliphatic carbocycles. The maximum Gasteiger partial charge on any atom is 0.416 e. The number of aliphatic hydroxyl groups is 1. The van der Waals surface area contributed by atoms with Gasteiger partial charge in [0.2, 0.25) is 5.43 Å². The van der Waals surface area contributed by atoms with Gasteiger partial charge < -0.3 is 23.9 Å². The van der Waals surface area contributed by atoms with Crippen molar-refractivity contribution < 1.29 is 37.3 Å². The number of rotatable bonds is 4. The second-order valence-electron chi connectivity index (χ2n) is 11.3. The topological polar surface area (TPSA) is 87.0 Å². The van der Waals surface area contributed by atoms with E-state index in [0.717, 1.165) is 29.0 Å². The fourth-order valence-electron chi connectivity index (χ4n) is 5.87. The van der Waals surface area contributed by atoms with E-state index in [2.05, 4.69) is 0 Å². The van der Waals surface area contributed by atoms with Crippen molar-refractivity contribution in [1.82, 2.24) is 4.57 Å². The van der Waals surface area contributed by atoms with Crippen LogP contribution in [-0.4, -0.2) is 34.5 Å². The van der Waals surface area contributed by atoms with Crippen LogP contribution < -0.4 is 14.9 Å². The molecule has 0 unspecified atom stereocenters. The lowest BCUT2D eigenvalue weighted by Gasteiger charge is -2.42. The number of halogens is 3. The highest BCUT2D eigenvalue weighted by Crippen LogP contribution is 2.47. The van der Waals surface area contributed by atoms with Crippen LogP contribution in [0.5, 0.6) is 11.5 Å². The van der Waals surface area contributed by atoms with Crippen LogP contribution in [0.3, 0.4) is 0 Å². The third kappa shape index (κ3) is 4.85. The van der Waals surface area contributed by atoms with Gasteiger partial charge in [-0.1, -0.05) is 36.4 Å². The zero-order chi connectivity index (χ0) is 31.6. The molecule has 1 N–H and O–H groups in total. The Balaban J connectivity index is 1.43. The van der Waals surface area contributed by atoms with Gasteiger partial charge in [-0.25, -0.2) is 4.79 Å². The molecule has 10 heteroatoms. The van der Waals surface area contributed by atoms with Crippen molar-refractivity contribution in [2.24, 2.45) is 7.05 Å². The number of aliphatic hydroxyl groups excluding tert-OH is 1. The molecule has 0 saturated heterocycles. The number of nitrogens with zero attached hydrogens (tertiary/aromatic N) is 1. The van der Waals surface area contributed by atoms with E-state index < -0.39 is 35.5 Å². The molecule has 7 nitrogen and oxygen atoms in total. The summed E-state index contributed by atoms with van der Waals surface area (Å²) in [5.41, 5.74) is -0.692. The van der Waals surface area contributed by atoms with Gasteiger partial charge in [0, 0.05) is 24.6 Å². The molecule has 1 aromatic heterocycles. The van der Waals surface area contributed by atoms with Gasteiger partial charge in [-0.3, -0.25) is 4.79 Å². The Kier molecular flexibility index (Phi) is 6.92. The molecular formula is C34H28F3NO6. The molecule has 0 fully saturated rings. The van der Waals surface area contributed by atoms with Gasteiger partial charge in [-0.15, -0.1) is 0 Å². The first kappa shape index (κ1) is 29.3. The number of aryl methyl sites for hydroxylation is 1. The molecule has 6 rings (SSSR count). The summed E-state index contributed by atoms with van der Waals surface area (Å²) in [6.07, 6.45) is -4.70. The van der Waals surface area contributed by atoms with E-state index in [0.29, 0.717) is 22.0 Å². The Morgan fingerprint density at radius 3 is 2.34 bits per heavy atom. The van der Waals surface area contributed by atoms with Crippen LogP contribution in [-0.2, 0) is 22.8 Å². The first-order chi connectivity index (χ1) is 20.8. The lowest BCUT2D eigenvalue weighted by atomic mass is 9.86. The van der Waals surface area contributed by atoms with Gasteiger partial charge in [0.25, 0.3) is 0 Å². The fourth-order valence-corrected chi connectivity index (χ4v) is 5.87. The molecule has 0 saturated carbocycles.